The van der Waals surface area contributed by atoms with Crippen molar-refractivity contribution >= 4 is 41.4 Å². The molecule has 11 heteroatoms. The van der Waals surface area contributed by atoms with Gasteiger partial charge in [-0.3, -0.25) is 4.79 Å². The summed E-state index contributed by atoms with van der Waals surface area (Å²) in [4.78, 5) is 42.4. The Morgan fingerprint density at radius 1 is 0.392 bits per heavy atom. The molecule has 4 rings (SSSR count). The van der Waals surface area contributed by atoms with E-state index in [9.17, 15) is 14.4 Å². The lowest BCUT2D eigenvalue weighted by Crippen LogP contribution is -2.34. The van der Waals surface area contributed by atoms with Gasteiger partial charge in [-0.15, -0.1) is 0 Å². The van der Waals surface area contributed by atoms with Crippen molar-refractivity contribution in [1.29, 1.82) is 0 Å². The summed E-state index contributed by atoms with van der Waals surface area (Å²) >= 11 is 3.76. The number of carbonyl (C=O) groups excluding carboxylic acids is 3. The average Bonchev–Trinajstić information content (AvgIpc) is 3.56. The van der Waals surface area contributed by atoms with Crippen LogP contribution in [0, 0.1) is 0 Å². The minimum absolute atomic E-state index is 0.0128. The summed E-state index contributed by atoms with van der Waals surface area (Å²) in [5.41, 5.74) is 1.17. The second-order valence-electron chi connectivity index (χ2n) is 20.2. The molecule has 0 spiro atoms. The summed E-state index contributed by atoms with van der Waals surface area (Å²) < 4.78 is 31.2. The van der Waals surface area contributed by atoms with Gasteiger partial charge in [0.25, 0.3) is 5.91 Å². The number of hydrogen-bond acceptors (Lipinski definition) is 10. The van der Waals surface area contributed by atoms with Gasteiger partial charge in [0, 0.05) is 41.7 Å². The van der Waals surface area contributed by atoms with Crippen LogP contribution in [0.15, 0.2) is 60.7 Å². The van der Waals surface area contributed by atoms with Crippen molar-refractivity contribution in [3.8, 4) is 28.7 Å². The van der Waals surface area contributed by atoms with Crippen molar-refractivity contribution in [2.75, 3.05) is 55.9 Å². The van der Waals surface area contributed by atoms with Gasteiger partial charge in [-0.1, -0.05) is 194 Å². The van der Waals surface area contributed by atoms with Crippen LogP contribution >= 0.6 is 23.5 Å². The zero-order valence-corrected chi connectivity index (χ0v) is 48.0. The maximum Gasteiger partial charge on any atom is 0.343 e. The molecule has 3 aromatic rings. The van der Waals surface area contributed by atoms with Crippen molar-refractivity contribution in [2.24, 2.45) is 0 Å². The SMILES string of the molecule is CCCCCCCCCCCCOc1cc(C(=O)Oc2ccc(C(=O)Oc3ccc(C(=O)N4CCSCCSCC4)cc3)cc2)cc(OCCCCCCCCCCCC)c1OCCCCCCCCCCCC. The molecular weight excluding hydrogens is 963 g/mol. The Morgan fingerprint density at radius 2 is 0.716 bits per heavy atom. The van der Waals surface area contributed by atoms with Crippen LogP contribution in [-0.2, 0) is 0 Å². The Hall–Kier alpha value is -3.83. The van der Waals surface area contributed by atoms with Gasteiger partial charge in [0.05, 0.1) is 30.9 Å². The maximum absolute atomic E-state index is 14.0. The highest BCUT2D eigenvalue weighted by Crippen LogP contribution is 2.40. The number of carbonyl (C=O) groups is 3. The first-order chi connectivity index (χ1) is 36.4. The number of hydrogen-bond donors (Lipinski definition) is 0. The maximum atomic E-state index is 14.0. The van der Waals surface area contributed by atoms with Gasteiger partial charge in [-0.05, 0) is 79.9 Å². The van der Waals surface area contributed by atoms with Gasteiger partial charge in [0.2, 0.25) is 5.75 Å². The third kappa shape index (κ3) is 27.3. The highest BCUT2D eigenvalue weighted by molar-refractivity contribution is 8.02. The van der Waals surface area contributed by atoms with Crippen molar-refractivity contribution in [3.63, 3.8) is 0 Å². The van der Waals surface area contributed by atoms with Crippen LogP contribution in [0.25, 0.3) is 0 Å². The lowest BCUT2D eigenvalue weighted by atomic mass is 10.1. The summed E-state index contributed by atoms with van der Waals surface area (Å²) in [5.74, 6) is 5.12. The topological polar surface area (TPSA) is 101 Å². The first kappa shape index (κ1) is 62.7. The van der Waals surface area contributed by atoms with Gasteiger partial charge in [0.1, 0.15) is 11.5 Å². The zero-order valence-electron chi connectivity index (χ0n) is 46.4. The summed E-state index contributed by atoms with van der Waals surface area (Å²) in [6.45, 7) is 9.80. The third-order valence-corrected chi connectivity index (χ3v) is 16.0. The predicted octanol–water partition coefficient (Wildman–Crippen LogP) is 17.9. The average molecular weight is 1060 g/mol. The van der Waals surface area contributed by atoms with Crippen molar-refractivity contribution in [1.82, 2.24) is 4.90 Å². The van der Waals surface area contributed by atoms with Gasteiger partial charge in [-0.25, -0.2) is 9.59 Å². The van der Waals surface area contributed by atoms with E-state index in [4.69, 9.17) is 23.7 Å². The van der Waals surface area contributed by atoms with Crippen LogP contribution in [0.2, 0.25) is 0 Å². The van der Waals surface area contributed by atoms with Crippen LogP contribution in [0.1, 0.15) is 244 Å². The first-order valence-corrected chi connectivity index (χ1v) is 31.9. The molecule has 414 valence electrons. The highest BCUT2D eigenvalue weighted by Gasteiger charge is 2.22. The molecule has 1 amide bonds. The standard InChI is InChI=1S/C63H97NO8S2/c1-4-7-10-13-16-19-22-25-28-31-44-68-58-51-55(52-59(69-45-32-29-26-23-20-17-14-11-8-5-2)60(58)70-46-33-30-27-24-21-18-15-12-9-6-3)63(67)72-57-40-36-54(37-41-57)62(66)71-56-38-34-53(35-39-56)61(65)64-42-47-73-49-50-74-48-43-64/h34-41,51-52H,4-33,42-50H2,1-3H3. The smallest absolute Gasteiger partial charge is 0.343 e. The van der Waals surface area contributed by atoms with E-state index >= 15 is 0 Å². The molecule has 0 aliphatic carbocycles. The van der Waals surface area contributed by atoms with Gasteiger partial charge >= 0.3 is 11.9 Å². The largest absolute Gasteiger partial charge is 0.490 e. The van der Waals surface area contributed by atoms with Crippen LogP contribution in [-0.4, -0.2) is 78.7 Å². The molecule has 0 unspecified atom stereocenters. The van der Waals surface area contributed by atoms with Crippen LogP contribution < -0.4 is 23.7 Å². The second-order valence-corrected chi connectivity index (χ2v) is 22.7. The fourth-order valence-corrected chi connectivity index (χ4v) is 11.2. The number of unbranched alkanes of at least 4 members (excludes halogenated alkanes) is 27. The minimum Gasteiger partial charge on any atom is -0.490 e. The van der Waals surface area contributed by atoms with Crippen molar-refractivity contribution < 1.29 is 38.1 Å². The monoisotopic (exact) mass is 1060 g/mol. The van der Waals surface area contributed by atoms with E-state index in [1.807, 2.05) is 28.4 Å². The molecule has 0 N–H and O–H groups in total. The molecule has 0 radical (unpaired) electrons. The molecule has 0 saturated carbocycles. The lowest BCUT2D eigenvalue weighted by molar-refractivity contribution is 0.0729. The summed E-state index contributed by atoms with van der Waals surface area (Å²) in [5, 5.41) is 0. The second kappa shape index (κ2) is 41.3. The minimum atomic E-state index is -0.562. The Bertz CT molecular complexity index is 1870. The lowest BCUT2D eigenvalue weighted by Gasteiger charge is -2.21. The van der Waals surface area contributed by atoms with E-state index < -0.39 is 11.9 Å². The fraction of sp³-hybridized carbons (Fsp3) is 0.667. The third-order valence-electron chi connectivity index (χ3n) is 13.8. The Kier molecular flexibility index (Phi) is 35.0. The van der Waals surface area contributed by atoms with E-state index in [0.29, 0.717) is 59.5 Å². The Labute approximate surface area is 457 Å². The molecule has 1 heterocycles. The molecular formula is C63H97NO8S2. The van der Waals surface area contributed by atoms with E-state index in [1.165, 1.54) is 154 Å². The van der Waals surface area contributed by atoms with Crippen molar-refractivity contribution in [3.05, 3.63) is 77.4 Å². The van der Waals surface area contributed by atoms with Crippen LogP contribution in [0.3, 0.4) is 0 Å². The Balaban J connectivity index is 1.41. The van der Waals surface area contributed by atoms with Gasteiger partial charge in [-0.2, -0.15) is 23.5 Å². The van der Waals surface area contributed by atoms with Crippen molar-refractivity contribution in [2.45, 2.75) is 213 Å². The van der Waals surface area contributed by atoms with Gasteiger partial charge < -0.3 is 28.6 Å². The normalized spacial score (nSPS) is 12.9. The molecule has 1 saturated heterocycles. The number of esters is 2. The first-order valence-electron chi connectivity index (χ1n) is 29.6. The molecule has 74 heavy (non-hydrogen) atoms. The van der Waals surface area contributed by atoms with Crippen LogP contribution in [0.4, 0.5) is 0 Å². The molecule has 0 bridgehead atoms. The Morgan fingerprint density at radius 3 is 1.09 bits per heavy atom. The fourth-order valence-electron chi connectivity index (χ4n) is 9.18. The number of benzene rings is 3. The predicted molar refractivity (Wildman–Crippen MR) is 312 cm³/mol. The summed E-state index contributed by atoms with van der Waals surface area (Å²) in [6.07, 6.45) is 37.0. The number of rotatable bonds is 41. The molecule has 3 aromatic carbocycles. The number of thioether (sulfide) groups is 2. The summed E-state index contributed by atoms with van der Waals surface area (Å²) in [6, 6.07) is 16.5. The molecule has 9 nitrogen and oxygen atoms in total. The van der Waals surface area contributed by atoms with E-state index in [2.05, 4.69) is 20.8 Å². The number of nitrogens with zero attached hydrogens (tertiary/aromatic N) is 1. The summed E-state index contributed by atoms with van der Waals surface area (Å²) in [7, 11) is 0. The molecule has 1 aliphatic rings. The molecule has 0 aromatic heterocycles. The zero-order chi connectivity index (χ0) is 52.5. The quantitative estimate of drug-likeness (QED) is 0.0310. The molecule has 1 fully saturated rings. The number of ether oxygens (including phenoxy) is 5. The molecule has 1 aliphatic heterocycles. The number of amides is 1. The van der Waals surface area contributed by atoms with Gasteiger partial charge in [0.15, 0.2) is 11.5 Å². The van der Waals surface area contributed by atoms with E-state index in [1.54, 1.807) is 60.7 Å². The van der Waals surface area contributed by atoms with E-state index in [0.717, 1.165) is 74.6 Å². The van der Waals surface area contributed by atoms with E-state index in [-0.39, 0.29) is 11.7 Å². The molecule has 0 atom stereocenters. The van der Waals surface area contributed by atoms with Crippen LogP contribution in [0.5, 0.6) is 28.7 Å². The highest BCUT2D eigenvalue weighted by atomic mass is 32.2.